The molecule has 0 saturated heterocycles. The van der Waals surface area contributed by atoms with Gasteiger partial charge >= 0.3 is 0 Å². The lowest BCUT2D eigenvalue weighted by Crippen LogP contribution is -2.23. The van der Waals surface area contributed by atoms with Crippen molar-refractivity contribution in [2.45, 2.75) is 25.8 Å². The molecule has 0 aliphatic carbocycles. The number of hydrogen-bond donors (Lipinski definition) is 1. The van der Waals surface area contributed by atoms with E-state index in [2.05, 4.69) is 35.5 Å². The zero-order valence-electron chi connectivity index (χ0n) is 12.5. The van der Waals surface area contributed by atoms with Crippen LogP contribution >= 0.6 is 0 Å². The number of hydrogen-bond acceptors (Lipinski definition) is 3. The van der Waals surface area contributed by atoms with Gasteiger partial charge in [0.25, 0.3) is 0 Å². The molecule has 1 atom stereocenters. The van der Waals surface area contributed by atoms with Gasteiger partial charge in [-0.1, -0.05) is 19.1 Å². The maximum absolute atomic E-state index is 5.18. The van der Waals surface area contributed by atoms with Crippen molar-refractivity contribution in [3.63, 3.8) is 0 Å². The Morgan fingerprint density at radius 3 is 2.55 bits per heavy atom. The second-order valence-electron chi connectivity index (χ2n) is 4.88. The van der Waals surface area contributed by atoms with Crippen LogP contribution in [0.25, 0.3) is 0 Å². The molecule has 1 unspecified atom stereocenters. The molecule has 0 radical (unpaired) electrons. The molecule has 0 aliphatic heterocycles. The largest absolute Gasteiger partial charge is 0.497 e. The molecule has 2 rings (SSSR count). The fourth-order valence-corrected chi connectivity index (χ4v) is 2.43. The molecule has 0 bridgehead atoms. The van der Waals surface area contributed by atoms with Crippen molar-refractivity contribution >= 4 is 0 Å². The van der Waals surface area contributed by atoms with Crippen LogP contribution in [-0.2, 0) is 13.5 Å². The van der Waals surface area contributed by atoms with Crippen LogP contribution < -0.4 is 10.1 Å². The lowest BCUT2D eigenvalue weighted by molar-refractivity contribution is 0.414. The first-order chi connectivity index (χ1) is 9.74. The highest BCUT2D eigenvalue weighted by molar-refractivity contribution is 5.27. The van der Waals surface area contributed by atoms with E-state index in [1.165, 1.54) is 11.3 Å². The van der Waals surface area contributed by atoms with E-state index in [1.54, 1.807) is 7.11 Å². The molecule has 1 aromatic heterocycles. The summed E-state index contributed by atoms with van der Waals surface area (Å²) < 4.78 is 7.13. The molecule has 0 fully saturated rings. The fraction of sp³-hybridized carbons (Fsp3) is 0.438. The minimum Gasteiger partial charge on any atom is -0.497 e. The Morgan fingerprint density at radius 2 is 2.00 bits per heavy atom. The molecule has 0 aliphatic rings. The fourth-order valence-electron chi connectivity index (χ4n) is 2.43. The third-order valence-electron chi connectivity index (χ3n) is 3.55. The maximum Gasteiger partial charge on any atom is 0.118 e. The number of aryl methyl sites for hydroxylation is 2. The van der Waals surface area contributed by atoms with Gasteiger partial charge in [-0.15, -0.1) is 0 Å². The van der Waals surface area contributed by atoms with Gasteiger partial charge in [0.1, 0.15) is 5.75 Å². The second kappa shape index (κ2) is 7.10. The SMILES string of the molecule is CCNC(CCc1ccc(OC)cc1)c1ccnn1C. The van der Waals surface area contributed by atoms with E-state index in [4.69, 9.17) is 4.74 Å². The number of rotatable bonds is 7. The first-order valence-electron chi connectivity index (χ1n) is 7.08. The Hall–Kier alpha value is -1.81. The Morgan fingerprint density at radius 1 is 1.25 bits per heavy atom. The van der Waals surface area contributed by atoms with Crippen LogP contribution in [0.1, 0.15) is 30.6 Å². The van der Waals surface area contributed by atoms with E-state index in [1.807, 2.05) is 30.1 Å². The van der Waals surface area contributed by atoms with Crippen LogP contribution in [0.5, 0.6) is 5.75 Å². The van der Waals surface area contributed by atoms with Crippen LogP contribution in [0.3, 0.4) is 0 Å². The van der Waals surface area contributed by atoms with Gasteiger partial charge in [0.05, 0.1) is 12.8 Å². The van der Waals surface area contributed by atoms with Crippen LogP contribution in [0, 0.1) is 0 Å². The number of nitrogens with zero attached hydrogens (tertiary/aromatic N) is 2. The van der Waals surface area contributed by atoms with Crippen LogP contribution in [0.4, 0.5) is 0 Å². The van der Waals surface area contributed by atoms with Crippen molar-refractivity contribution in [3.8, 4) is 5.75 Å². The average Bonchev–Trinajstić information content (AvgIpc) is 2.90. The van der Waals surface area contributed by atoms with E-state index >= 15 is 0 Å². The predicted molar refractivity (Wildman–Crippen MR) is 80.9 cm³/mol. The van der Waals surface area contributed by atoms with Crippen LogP contribution in [-0.4, -0.2) is 23.4 Å². The third kappa shape index (κ3) is 3.61. The summed E-state index contributed by atoms with van der Waals surface area (Å²) in [5.41, 5.74) is 2.57. The summed E-state index contributed by atoms with van der Waals surface area (Å²) in [5.74, 6) is 0.906. The molecule has 0 spiro atoms. The molecule has 1 aromatic carbocycles. The molecule has 20 heavy (non-hydrogen) atoms. The maximum atomic E-state index is 5.18. The summed E-state index contributed by atoms with van der Waals surface area (Å²) >= 11 is 0. The number of nitrogens with one attached hydrogen (secondary N) is 1. The summed E-state index contributed by atoms with van der Waals surface area (Å²) in [6.07, 6.45) is 3.94. The molecule has 4 nitrogen and oxygen atoms in total. The summed E-state index contributed by atoms with van der Waals surface area (Å²) in [5, 5.41) is 7.79. The topological polar surface area (TPSA) is 39.1 Å². The molecule has 2 aromatic rings. The third-order valence-corrected chi connectivity index (χ3v) is 3.55. The van der Waals surface area contributed by atoms with Gasteiger partial charge in [0, 0.05) is 19.3 Å². The molecular formula is C16H23N3O. The molecule has 1 N–H and O–H groups in total. The summed E-state index contributed by atoms with van der Waals surface area (Å²) in [6, 6.07) is 10.7. The smallest absolute Gasteiger partial charge is 0.118 e. The first kappa shape index (κ1) is 14.6. The molecule has 108 valence electrons. The molecule has 0 saturated carbocycles. The van der Waals surface area contributed by atoms with Gasteiger partial charge < -0.3 is 10.1 Å². The van der Waals surface area contributed by atoms with Crippen molar-refractivity contribution in [2.24, 2.45) is 7.05 Å². The van der Waals surface area contributed by atoms with E-state index in [-0.39, 0.29) is 0 Å². The standard InChI is InChI=1S/C16H23N3O/c1-4-17-15(16-11-12-18-19(16)2)10-7-13-5-8-14(20-3)9-6-13/h5-6,8-9,11-12,15,17H,4,7,10H2,1-3H3. The monoisotopic (exact) mass is 273 g/mol. The zero-order chi connectivity index (χ0) is 14.4. The van der Waals surface area contributed by atoms with Crippen molar-refractivity contribution in [3.05, 3.63) is 47.8 Å². The van der Waals surface area contributed by atoms with Crippen molar-refractivity contribution in [1.82, 2.24) is 15.1 Å². The summed E-state index contributed by atoms with van der Waals surface area (Å²) in [4.78, 5) is 0. The van der Waals surface area contributed by atoms with Crippen LogP contribution in [0.2, 0.25) is 0 Å². The molecule has 4 heteroatoms. The molecule has 1 heterocycles. The number of methoxy groups -OCH3 is 1. The minimum atomic E-state index is 0.342. The van der Waals surface area contributed by atoms with Gasteiger partial charge in [0.15, 0.2) is 0 Å². The average molecular weight is 273 g/mol. The highest BCUT2D eigenvalue weighted by atomic mass is 16.5. The molecule has 0 amide bonds. The van der Waals surface area contributed by atoms with E-state index in [0.717, 1.165) is 25.1 Å². The Bertz CT molecular complexity index is 519. The van der Waals surface area contributed by atoms with Gasteiger partial charge in [-0.3, -0.25) is 4.68 Å². The highest BCUT2D eigenvalue weighted by Crippen LogP contribution is 2.20. The quantitative estimate of drug-likeness (QED) is 0.843. The number of benzene rings is 1. The highest BCUT2D eigenvalue weighted by Gasteiger charge is 2.13. The zero-order valence-corrected chi connectivity index (χ0v) is 12.5. The van der Waals surface area contributed by atoms with E-state index in [9.17, 15) is 0 Å². The summed E-state index contributed by atoms with van der Waals surface area (Å²) in [7, 11) is 3.69. The van der Waals surface area contributed by atoms with Gasteiger partial charge in [0.2, 0.25) is 0 Å². The van der Waals surface area contributed by atoms with Gasteiger partial charge in [-0.05, 0) is 43.1 Å². The number of ether oxygens (including phenoxy) is 1. The van der Waals surface area contributed by atoms with E-state index < -0.39 is 0 Å². The Balaban J connectivity index is 2.00. The lowest BCUT2D eigenvalue weighted by Gasteiger charge is -2.18. The Kier molecular flexibility index (Phi) is 5.18. The lowest BCUT2D eigenvalue weighted by atomic mass is 10.0. The van der Waals surface area contributed by atoms with Crippen molar-refractivity contribution < 1.29 is 4.74 Å². The summed E-state index contributed by atoms with van der Waals surface area (Å²) in [6.45, 7) is 3.09. The molecular weight excluding hydrogens is 250 g/mol. The van der Waals surface area contributed by atoms with E-state index in [0.29, 0.717) is 6.04 Å². The number of aromatic nitrogens is 2. The Labute approximate surface area is 120 Å². The second-order valence-corrected chi connectivity index (χ2v) is 4.88. The van der Waals surface area contributed by atoms with Gasteiger partial charge in [-0.25, -0.2) is 0 Å². The first-order valence-corrected chi connectivity index (χ1v) is 7.08. The predicted octanol–water partition coefficient (Wildman–Crippen LogP) is 2.71. The normalized spacial score (nSPS) is 12.3. The van der Waals surface area contributed by atoms with Crippen LogP contribution in [0.15, 0.2) is 36.5 Å². The van der Waals surface area contributed by atoms with Gasteiger partial charge in [-0.2, -0.15) is 5.10 Å². The minimum absolute atomic E-state index is 0.342. The van der Waals surface area contributed by atoms with Crippen molar-refractivity contribution in [2.75, 3.05) is 13.7 Å². The van der Waals surface area contributed by atoms with Crippen molar-refractivity contribution in [1.29, 1.82) is 0 Å².